The first-order chi connectivity index (χ1) is 12.4. The Morgan fingerprint density at radius 1 is 1.23 bits per heavy atom. The van der Waals surface area contributed by atoms with Crippen LogP contribution in [-0.2, 0) is 10.0 Å². The van der Waals surface area contributed by atoms with Crippen LogP contribution >= 0.6 is 0 Å². The molecule has 6 nitrogen and oxygen atoms in total. The summed E-state index contributed by atoms with van der Waals surface area (Å²) >= 11 is 0. The number of nitrogens with zero attached hydrogens (tertiary/aromatic N) is 2. The minimum Gasteiger partial charge on any atom is -0.352 e. The lowest BCUT2D eigenvalue weighted by Gasteiger charge is -2.30. The Hall–Kier alpha value is -2.25. The van der Waals surface area contributed by atoms with Gasteiger partial charge >= 0.3 is 0 Å². The third-order valence-corrected chi connectivity index (χ3v) is 5.91. The molecule has 1 atom stereocenters. The van der Waals surface area contributed by atoms with Gasteiger partial charge in [0.15, 0.2) is 0 Å². The number of aromatic nitrogens is 1. The fourth-order valence-corrected chi connectivity index (χ4v) is 4.16. The van der Waals surface area contributed by atoms with Crippen molar-refractivity contribution in [3.8, 4) is 11.1 Å². The van der Waals surface area contributed by atoms with Gasteiger partial charge in [-0.25, -0.2) is 12.7 Å². The fourth-order valence-electron chi connectivity index (χ4n) is 3.22. The van der Waals surface area contributed by atoms with E-state index in [0.717, 1.165) is 24.0 Å². The predicted molar refractivity (Wildman–Crippen MR) is 101 cm³/mol. The van der Waals surface area contributed by atoms with Gasteiger partial charge in [0, 0.05) is 37.6 Å². The second-order valence-corrected chi connectivity index (χ2v) is 8.64. The molecule has 0 saturated carbocycles. The molecule has 0 radical (unpaired) electrons. The Morgan fingerprint density at radius 2 is 2.00 bits per heavy atom. The van der Waals surface area contributed by atoms with Crippen molar-refractivity contribution in [2.45, 2.75) is 12.8 Å². The summed E-state index contributed by atoms with van der Waals surface area (Å²) in [7, 11) is -3.17. The van der Waals surface area contributed by atoms with Crippen molar-refractivity contribution >= 4 is 15.9 Å². The zero-order valence-corrected chi connectivity index (χ0v) is 15.6. The molecule has 1 amide bonds. The molecule has 2 heterocycles. The average molecular weight is 373 g/mol. The lowest BCUT2D eigenvalue weighted by Crippen LogP contribution is -2.43. The molecule has 1 fully saturated rings. The number of benzene rings is 1. The second kappa shape index (κ2) is 7.97. The van der Waals surface area contributed by atoms with Crippen LogP contribution in [0.1, 0.15) is 23.2 Å². The zero-order chi connectivity index (χ0) is 18.6. The fraction of sp³-hybridized carbons (Fsp3) is 0.368. The molecule has 1 N–H and O–H groups in total. The molecule has 0 bridgehead atoms. The first-order valence-electron chi connectivity index (χ1n) is 8.67. The van der Waals surface area contributed by atoms with Gasteiger partial charge in [-0.15, -0.1) is 0 Å². The molecular formula is C19H23N3O3S. The van der Waals surface area contributed by atoms with Crippen LogP contribution in [0, 0.1) is 5.92 Å². The molecule has 0 spiro atoms. The summed E-state index contributed by atoms with van der Waals surface area (Å²) in [6.45, 7) is 1.51. The Labute approximate surface area is 154 Å². The van der Waals surface area contributed by atoms with E-state index in [1.807, 2.05) is 30.3 Å². The van der Waals surface area contributed by atoms with Crippen LogP contribution in [0.5, 0.6) is 0 Å². The van der Waals surface area contributed by atoms with Crippen LogP contribution in [0.4, 0.5) is 0 Å². The molecule has 3 rings (SSSR count). The van der Waals surface area contributed by atoms with Gasteiger partial charge in [-0.05, 0) is 54.2 Å². The highest BCUT2D eigenvalue weighted by Crippen LogP contribution is 2.20. The summed E-state index contributed by atoms with van der Waals surface area (Å²) in [5, 5.41) is 2.95. The van der Waals surface area contributed by atoms with Crippen LogP contribution in [0.2, 0.25) is 0 Å². The van der Waals surface area contributed by atoms with Gasteiger partial charge in [-0.1, -0.05) is 12.1 Å². The van der Waals surface area contributed by atoms with Gasteiger partial charge in [0.25, 0.3) is 5.91 Å². The van der Waals surface area contributed by atoms with Gasteiger partial charge in [0.2, 0.25) is 10.0 Å². The third-order valence-electron chi connectivity index (χ3n) is 4.64. The minimum atomic E-state index is -3.17. The highest BCUT2D eigenvalue weighted by atomic mass is 32.2. The Bertz CT molecular complexity index is 869. The highest BCUT2D eigenvalue weighted by molar-refractivity contribution is 7.88. The van der Waals surface area contributed by atoms with Crippen molar-refractivity contribution in [1.29, 1.82) is 0 Å². The van der Waals surface area contributed by atoms with E-state index in [4.69, 9.17) is 0 Å². The van der Waals surface area contributed by atoms with E-state index in [1.165, 1.54) is 10.6 Å². The molecule has 1 aromatic heterocycles. The second-order valence-electron chi connectivity index (χ2n) is 6.66. The Balaban J connectivity index is 1.62. The number of amides is 1. The largest absolute Gasteiger partial charge is 0.352 e. The van der Waals surface area contributed by atoms with Gasteiger partial charge in [0.1, 0.15) is 0 Å². The molecule has 1 saturated heterocycles. The van der Waals surface area contributed by atoms with Crippen LogP contribution in [-0.4, -0.2) is 49.5 Å². The number of rotatable bonds is 5. The molecule has 7 heteroatoms. The topological polar surface area (TPSA) is 79.4 Å². The van der Waals surface area contributed by atoms with E-state index >= 15 is 0 Å². The number of piperidine rings is 1. The van der Waals surface area contributed by atoms with Crippen molar-refractivity contribution < 1.29 is 13.2 Å². The first-order valence-corrected chi connectivity index (χ1v) is 10.5. The lowest BCUT2D eigenvalue weighted by molar-refractivity contribution is 0.0941. The third kappa shape index (κ3) is 4.68. The lowest BCUT2D eigenvalue weighted by atomic mass is 9.99. The van der Waals surface area contributed by atoms with Crippen LogP contribution in [0.15, 0.2) is 48.8 Å². The van der Waals surface area contributed by atoms with Crippen LogP contribution in [0.25, 0.3) is 11.1 Å². The Kier molecular flexibility index (Phi) is 5.68. The molecule has 0 unspecified atom stereocenters. The number of hydrogen-bond acceptors (Lipinski definition) is 4. The maximum Gasteiger partial charge on any atom is 0.251 e. The summed E-state index contributed by atoms with van der Waals surface area (Å²) in [4.78, 5) is 16.5. The van der Waals surface area contributed by atoms with Gasteiger partial charge in [-0.2, -0.15) is 0 Å². The summed E-state index contributed by atoms with van der Waals surface area (Å²) in [5.41, 5.74) is 2.56. The maximum absolute atomic E-state index is 12.5. The smallest absolute Gasteiger partial charge is 0.251 e. The Morgan fingerprint density at radius 3 is 2.73 bits per heavy atom. The zero-order valence-electron chi connectivity index (χ0n) is 14.8. The molecule has 0 aliphatic carbocycles. The maximum atomic E-state index is 12.5. The quantitative estimate of drug-likeness (QED) is 0.871. The number of carbonyl (C=O) groups is 1. The summed E-state index contributed by atoms with van der Waals surface area (Å²) < 4.78 is 24.9. The van der Waals surface area contributed by atoms with Crippen molar-refractivity contribution in [1.82, 2.24) is 14.6 Å². The monoisotopic (exact) mass is 373 g/mol. The molecular weight excluding hydrogens is 350 g/mol. The molecule has 1 aliphatic rings. The molecule has 26 heavy (non-hydrogen) atoms. The first kappa shape index (κ1) is 18.5. The number of pyridine rings is 1. The van der Waals surface area contributed by atoms with E-state index < -0.39 is 10.0 Å². The van der Waals surface area contributed by atoms with E-state index in [-0.39, 0.29) is 11.8 Å². The number of hydrogen-bond donors (Lipinski definition) is 1. The van der Waals surface area contributed by atoms with E-state index in [2.05, 4.69) is 10.3 Å². The van der Waals surface area contributed by atoms with E-state index in [0.29, 0.717) is 25.2 Å². The summed E-state index contributed by atoms with van der Waals surface area (Å²) in [5.74, 6) is 0.00295. The highest BCUT2D eigenvalue weighted by Gasteiger charge is 2.26. The van der Waals surface area contributed by atoms with Gasteiger partial charge < -0.3 is 5.32 Å². The average Bonchev–Trinajstić information content (AvgIpc) is 2.66. The predicted octanol–water partition coefficient (Wildman–Crippen LogP) is 2.15. The van der Waals surface area contributed by atoms with Crippen molar-refractivity contribution in [3.63, 3.8) is 0 Å². The van der Waals surface area contributed by atoms with Crippen molar-refractivity contribution in [2.75, 3.05) is 25.9 Å². The number of carbonyl (C=O) groups excluding carboxylic acids is 1. The summed E-state index contributed by atoms with van der Waals surface area (Å²) in [6.07, 6.45) is 6.42. The minimum absolute atomic E-state index is 0.141. The van der Waals surface area contributed by atoms with Crippen molar-refractivity contribution in [2.24, 2.45) is 5.92 Å². The molecule has 1 aliphatic heterocycles. The van der Waals surface area contributed by atoms with Crippen LogP contribution in [0.3, 0.4) is 0 Å². The standard InChI is InChI=1S/C19H23N3O3S/c1-26(24,25)22-11-3-4-15(14-22)13-21-19(23)18-6-2-5-17(12-18)16-7-9-20-10-8-16/h2,5-10,12,15H,3-4,11,13-14H2,1H3,(H,21,23)/t15-/m0/s1. The number of nitrogens with one attached hydrogen (secondary N) is 1. The molecule has 2 aromatic rings. The van der Waals surface area contributed by atoms with E-state index in [9.17, 15) is 13.2 Å². The normalized spacial score (nSPS) is 18.4. The SMILES string of the molecule is CS(=O)(=O)N1CCC[C@@H](CNC(=O)c2cccc(-c3ccncc3)c2)C1. The van der Waals surface area contributed by atoms with E-state index in [1.54, 1.807) is 18.5 Å². The molecule has 138 valence electrons. The van der Waals surface area contributed by atoms with Crippen molar-refractivity contribution in [3.05, 3.63) is 54.4 Å². The number of sulfonamides is 1. The van der Waals surface area contributed by atoms with Gasteiger partial charge in [-0.3, -0.25) is 9.78 Å². The van der Waals surface area contributed by atoms with Gasteiger partial charge in [0.05, 0.1) is 6.26 Å². The summed E-state index contributed by atoms with van der Waals surface area (Å²) in [6, 6.07) is 11.3. The van der Waals surface area contributed by atoms with Crippen LogP contribution < -0.4 is 5.32 Å². The molecule has 1 aromatic carbocycles.